The van der Waals surface area contributed by atoms with Crippen LogP contribution in [-0.4, -0.2) is 23.2 Å². The van der Waals surface area contributed by atoms with E-state index in [1.807, 2.05) is 0 Å². The van der Waals surface area contributed by atoms with Gasteiger partial charge in [-0.2, -0.15) is 13.2 Å². The maximum absolute atomic E-state index is 12.1. The summed E-state index contributed by atoms with van der Waals surface area (Å²) in [6.07, 6.45) is -4.99. The van der Waals surface area contributed by atoms with E-state index >= 15 is 0 Å². The number of thiophene rings is 1. The van der Waals surface area contributed by atoms with Gasteiger partial charge in [-0.05, 0) is 11.4 Å². The molecule has 0 saturated heterocycles. The van der Waals surface area contributed by atoms with E-state index in [0.29, 0.717) is 4.88 Å². The predicted octanol–water partition coefficient (Wildman–Crippen LogP) is 2.27. The number of carbonyl (C=O) groups excluding carboxylic acids is 2. The number of ketones is 1. The smallest absolute Gasteiger partial charge is 0.339 e. The van der Waals surface area contributed by atoms with Crippen molar-refractivity contribution in [3.05, 3.63) is 21.9 Å². The van der Waals surface area contributed by atoms with Gasteiger partial charge in [0.15, 0.2) is 5.78 Å². The van der Waals surface area contributed by atoms with Crippen LogP contribution in [0.2, 0.25) is 0 Å². The van der Waals surface area contributed by atoms with Crippen molar-refractivity contribution in [3.63, 3.8) is 0 Å². The van der Waals surface area contributed by atoms with Crippen molar-refractivity contribution in [2.24, 2.45) is 0 Å². The van der Waals surface area contributed by atoms with Gasteiger partial charge in [0.05, 0.1) is 6.04 Å². The lowest BCUT2D eigenvalue weighted by atomic mass is 10.2. The zero-order valence-corrected chi connectivity index (χ0v) is 9.62. The summed E-state index contributed by atoms with van der Waals surface area (Å²) in [5.41, 5.74) is 0.280. The Hall–Kier alpha value is -1.08. The van der Waals surface area contributed by atoms with Crippen LogP contribution in [0, 0.1) is 0 Å². The summed E-state index contributed by atoms with van der Waals surface area (Å²) in [5, 5.41) is 2.13. The number of carbonyl (C=O) groups is 2. The van der Waals surface area contributed by atoms with Crippen molar-refractivity contribution in [2.75, 3.05) is 0 Å². The Morgan fingerprint density at radius 3 is 2.71 bits per heavy atom. The van der Waals surface area contributed by atoms with Crippen LogP contribution in [-0.2, 0) is 4.79 Å². The molecule has 0 bridgehead atoms. The highest BCUT2D eigenvalue weighted by molar-refractivity contribution is 7.10. The summed E-state index contributed by atoms with van der Waals surface area (Å²) in [5.74, 6) is -2.56. The van der Waals surface area contributed by atoms with Crippen molar-refractivity contribution >= 4 is 34.6 Å². The highest BCUT2D eigenvalue weighted by Crippen LogP contribution is 2.38. The van der Waals surface area contributed by atoms with Gasteiger partial charge in [-0.25, -0.2) is 0 Å². The zero-order valence-electron chi connectivity index (χ0n) is 8.05. The maximum atomic E-state index is 12.1. The van der Waals surface area contributed by atoms with E-state index in [1.165, 1.54) is 6.07 Å². The molecule has 0 spiro atoms. The third-order valence-electron chi connectivity index (χ3n) is 2.33. The van der Waals surface area contributed by atoms with Gasteiger partial charge in [0.25, 0.3) is 0 Å². The second-order valence-electron chi connectivity index (χ2n) is 3.41. The second kappa shape index (κ2) is 3.99. The molecule has 0 aromatic carbocycles. The minimum Gasteiger partial charge on any atom is -0.339 e. The fourth-order valence-corrected chi connectivity index (χ4v) is 2.93. The van der Waals surface area contributed by atoms with Gasteiger partial charge in [-0.3, -0.25) is 9.59 Å². The molecular weight excluding hydrogens is 279 g/mol. The van der Waals surface area contributed by atoms with E-state index < -0.39 is 29.3 Å². The molecule has 0 saturated carbocycles. The molecule has 1 aliphatic rings. The molecule has 17 heavy (non-hydrogen) atoms. The number of fused-ring (bicyclic) bond motifs is 1. The SMILES string of the molecule is O=C1c2ccsc2C(NC(=O)C(F)(F)F)C1Cl. The van der Waals surface area contributed by atoms with Crippen LogP contribution < -0.4 is 5.32 Å². The van der Waals surface area contributed by atoms with Gasteiger partial charge < -0.3 is 5.32 Å². The molecule has 1 N–H and O–H groups in total. The third-order valence-corrected chi connectivity index (χ3v) is 3.78. The van der Waals surface area contributed by atoms with Gasteiger partial charge >= 0.3 is 12.1 Å². The molecule has 92 valence electrons. The molecular formula is C9H5ClF3NO2S. The quantitative estimate of drug-likeness (QED) is 0.804. The molecule has 0 aliphatic heterocycles. The number of hydrogen-bond acceptors (Lipinski definition) is 3. The molecule has 1 aromatic rings. The molecule has 2 rings (SSSR count). The first-order chi connectivity index (χ1) is 7.82. The van der Waals surface area contributed by atoms with E-state index in [0.717, 1.165) is 11.3 Å². The van der Waals surface area contributed by atoms with Crippen LogP contribution in [0.1, 0.15) is 21.3 Å². The molecule has 2 unspecified atom stereocenters. The van der Waals surface area contributed by atoms with Crippen LogP contribution in [0.25, 0.3) is 0 Å². The molecule has 1 heterocycles. The first-order valence-electron chi connectivity index (χ1n) is 4.45. The molecule has 1 aromatic heterocycles. The fraction of sp³-hybridized carbons (Fsp3) is 0.333. The Bertz CT molecular complexity index is 485. The van der Waals surface area contributed by atoms with Gasteiger partial charge in [0.2, 0.25) is 0 Å². The Morgan fingerprint density at radius 1 is 1.47 bits per heavy atom. The van der Waals surface area contributed by atoms with Gasteiger partial charge in [-0.1, -0.05) is 0 Å². The lowest BCUT2D eigenvalue weighted by molar-refractivity contribution is -0.174. The molecule has 0 radical (unpaired) electrons. The second-order valence-corrected chi connectivity index (χ2v) is 4.83. The van der Waals surface area contributed by atoms with Gasteiger partial charge in [0, 0.05) is 10.4 Å². The molecule has 1 amide bonds. The van der Waals surface area contributed by atoms with E-state index in [9.17, 15) is 22.8 Å². The van der Waals surface area contributed by atoms with Crippen LogP contribution in [0.4, 0.5) is 13.2 Å². The number of nitrogens with one attached hydrogen (secondary N) is 1. The van der Waals surface area contributed by atoms with Crippen molar-refractivity contribution in [3.8, 4) is 0 Å². The number of halogens is 4. The average molecular weight is 284 g/mol. The summed E-state index contributed by atoms with van der Waals surface area (Å²) in [7, 11) is 0. The van der Waals surface area contributed by atoms with Crippen molar-refractivity contribution < 1.29 is 22.8 Å². The lowest BCUT2D eigenvalue weighted by Crippen LogP contribution is -2.41. The number of Topliss-reactive ketones (excluding diaryl/α,β-unsaturated/α-hetero) is 1. The van der Waals surface area contributed by atoms with Gasteiger partial charge in [0.1, 0.15) is 5.38 Å². The Kier molecular flexibility index (Phi) is 2.90. The molecule has 2 atom stereocenters. The monoisotopic (exact) mass is 283 g/mol. The van der Waals surface area contributed by atoms with E-state index in [1.54, 1.807) is 10.7 Å². The molecule has 0 fully saturated rings. The summed E-state index contributed by atoms with van der Waals surface area (Å²) in [6, 6.07) is 0.380. The van der Waals surface area contributed by atoms with E-state index in [2.05, 4.69) is 0 Å². The summed E-state index contributed by atoms with van der Waals surface area (Å²) < 4.78 is 36.3. The summed E-state index contributed by atoms with van der Waals surface area (Å²) >= 11 is 6.80. The minimum atomic E-state index is -4.99. The Balaban J connectivity index is 2.24. The van der Waals surface area contributed by atoms with Crippen LogP contribution in [0.3, 0.4) is 0 Å². The first kappa shape index (κ1) is 12.4. The number of rotatable bonds is 1. The normalized spacial score (nSPS) is 23.6. The number of hydrogen-bond donors (Lipinski definition) is 1. The standard InChI is InChI=1S/C9H5ClF3NO2S/c10-4-5(14-8(16)9(11,12)13)7-3(6(4)15)1-2-17-7/h1-2,4-5H,(H,14,16). The average Bonchev–Trinajstić information content (AvgIpc) is 2.76. The van der Waals surface area contributed by atoms with E-state index in [-0.39, 0.29) is 5.56 Å². The third kappa shape index (κ3) is 2.04. The molecule has 1 aliphatic carbocycles. The van der Waals surface area contributed by atoms with Crippen LogP contribution >= 0.6 is 22.9 Å². The number of alkyl halides is 4. The van der Waals surface area contributed by atoms with Crippen LogP contribution in [0.5, 0.6) is 0 Å². The van der Waals surface area contributed by atoms with Crippen molar-refractivity contribution in [1.29, 1.82) is 0 Å². The highest BCUT2D eigenvalue weighted by atomic mass is 35.5. The lowest BCUT2D eigenvalue weighted by Gasteiger charge is -2.16. The Labute approximate surface area is 103 Å². The van der Waals surface area contributed by atoms with Crippen LogP contribution in [0.15, 0.2) is 11.4 Å². The Morgan fingerprint density at radius 2 is 2.12 bits per heavy atom. The summed E-state index contributed by atoms with van der Waals surface area (Å²) in [6.45, 7) is 0. The number of amides is 1. The predicted molar refractivity (Wildman–Crippen MR) is 55.2 cm³/mol. The van der Waals surface area contributed by atoms with E-state index in [4.69, 9.17) is 11.6 Å². The molecule has 3 nitrogen and oxygen atoms in total. The summed E-state index contributed by atoms with van der Waals surface area (Å²) in [4.78, 5) is 22.7. The zero-order chi connectivity index (χ0) is 12.8. The van der Waals surface area contributed by atoms with Crippen molar-refractivity contribution in [2.45, 2.75) is 17.6 Å². The highest BCUT2D eigenvalue weighted by Gasteiger charge is 2.46. The topological polar surface area (TPSA) is 46.2 Å². The van der Waals surface area contributed by atoms with Crippen molar-refractivity contribution in [1.82, 2.24) is 5.32 Å². The molecule has 8 heteroatoms. The van der Waals surface area contributed by atoms with Gasteiger partial charge in [-0.15, -0.1) is 22.9 Å². The fourth-order valence-electron chi connectivity index (χ4n) is 1.56. The first-order valence-corrected chi connectivity index (χ1v) is 5.77. The minimum absolute atomic E-state index is 0.280. The maximum Gasteiger partial charge on any atom is 0.471 e. The largest absolute Gasteiger partial charge is 0.471 e.